The fraction of sp³-hybridized carbons (Fsp3) is 0.846. The van der Waals surface area contributed by atoms with Crippen molar-refractivity contribution in [3.63, 3.8) is 0 Å². The third-order valence-corrected chi connectivity index (χ3v) is 3.55. The van der Waals surface area contributed by atoms with Crippen LogP contribution in [-0.2, 0) is 23.2 Å². The van der Waals surface area contributed by atoms with Crippen molar-refractivity contribution in [2.75, 3.05) is 33.1 Å². The van der Waals surface area contributed by atoms with Crippen molar-refractivity contribution in [1.29, 1.82) is 0 Å². The summed E-state index contributed by atoms with van der Waals surface area (Å²) in [6.45, 7) is 2.87. The molecule has 8 heteroatoms. The van der Waals surface area contributed by atoms with E-state index in [0.717, 1.165) is 12.2 Å². The number of amides is 1. The van der Waals surface area contributed by atoms with Crippen molar-refractivity contribution in [1.82, 2.24) is 5.32 Å². The Kier molecular flexibility index (Phi) is 12.4. The maximum Gasteiger partial charge on any atom is 0.303 e. The van der Waals surface area contributed by atoms with Gasteiger partial charge in [-0.1, -0.05) is 0 Å². The van der Waals surface area contributed by atoms with Crippen LogP contribution in [0.4, 0.5) is 0 Å². The van der Waals surface area contributed by atoms with Gasteiger partial charge in [0.15, 0.2) is 0 Å². The lowest BCUT2D eigenvalue weighted by Crippen LogP contribution is -2.30. The Morgan fingerprint density at radius 3 is 2.57 bits per heavy atom. The van der Waals surface area contributed by atoms with Crippen molar-refractivity contribution in [2.24, 2.45) is 0 Å². The lowest BCUT2D eigenvalue weighted by atomic mass is 10.2. The zero-order valence-corrected chi connectivity index (χ0v) is 13.6. The van der Waals surface area contributed by atoms with Crippen LogP contribution in [0.1, 0.15) is 26.2 Å². The molecule has 0 aliphatic heterocycles. The molecule has 0 aromatic heterocycles. The molecular formula is C13H25NO6S. The van der Waals surface area contributed by atoms with E-state index in [1.165, 1.54) is 12.0 Å². The van der Waals surface area contributed by atoms with Crippen LogP contribution in [0.15, 0.2) is 0 Å². The highest BCUT2D eigenvalue weighted by Crippen LogP contribution is 2.13. The highest BCUT2D eigenvalue weighted by atomic mass is 32.2. The molecule has 0 rings (SSSR count). The van der Waals surface area contributed by atoms with Gasteiger partial charge in [-0.3, -0.25) is 9.59 Å². The average molecular weight is 323 g/mol. The Hall–Kier alpha value is -0.830. The van der Waals surface area contributed by atoms with E-state index >= 15 is 0 Å². The lowest BCUT2D eigenvalue weighted by Gasteiger charge is -2.21. The summed E-state index contributed by atoms with van der Waals surface area (Å²) in [6.07, 6.45) is 0.408. The van der Waals surface area contributed by atoms with Gasteiger partial charge in [0.05, 0.1) is 19.1 Å². The molecule has 0 aromatic rings. The number of aliphatic carboxylic acids is 1. The molecule has 2 N–H and O–H groups in total. The van der Waals surface area contributed by atoms with Gasteiger partial charge in [-0.2, -0.15) is 0 Å². The SMILES string of the molecule is COC[C@H](OSCCCNC(=O)CCC(=O)O)[C@@H](C)OC. The smallest absolute Gasteiger partial charge is 0.303 e. The fourth-order valence-corrected chi connectivity index (χ4v) is 2.11. The largest absolute Gasteiger partial charge is 0.481 e. The van der Waals surface area contributed by atoms with Crippen molar-refractivity contribution in [3.8, 4) is 0 Å². The number of nitrogens with one attached hydrogen (secondary N) is 1. The van der Waals surface area contributed by atoms with Crippen molar-refractivity contribution in [3.05, 3.63) is 0 Å². The van der Waals surface area contributed by atoms with Gasteiger partial charge in [-0.05, 0) is 25.4 Å². The minimum Gasteiger partial charge on any atom is -0.481 e. The summed E-state index contributed by atoms with van der Waals surface area (Å²) in [6, 6.07) is 0. The zero-order valence-electron chi connectivity index (χ0n) is 12.8. The average Bonchev–Trinajstić information content (AvgIpc) is 2.46. The van der Waals surface area contributed by atoms with Gasteiger partial charge in [0.2, 0.25) is 5.91 Å². The Bertz CT molecular complexity index is 302. The number of carboxylic acids is 1. The summed E-state index contributed by atoms with van der Waals surface area (Å²) in [5, 5.41) is 11.1. The molecule has 0 spiro atoms. The minimum atomic E-state index is -0.967. The van der Waals surface area contributed by atoms with Gasteiger partial charge >= 0.3 is 5.97 Å². The van der Waals surface area contributed by atoms with Crippen LogP contribution in [0, 0.1) is 0 Å². The molecule has 2 atom stereocenters. The molecule has 0 aromatic carbocycles. The number of methoxy groups -OCH3 is 2. The molecule has 0 saturated heterocycles. The van der Waals surface area contributed by atoms with E-state index in [1.807, 2.05) is 6.92 Å². The summed E-state index contributed by atoms with van der Waals surface area (Å²) >= 11 is 1.31. The summed E-state index contributed by atoms with van der Waals surface area (Å²) < 4.78 is 15.9. The van der Waals surface area contributed by atoms with Crippen LogP contribution in [0.25, 0.3) is 0 Å². The van der Waals surface area contributed by atoms with Gasteiger partial charge in [0, 0.05) is 32.9 Å². The van der Waals surface area contributed by atoms with E-state index in [4.69, 9.17) is 18.8 Å². The minimum absolute atomic E-state index is 0.0141. The summed E-state index contributed by atoms with van der Waals surface area (Å²) in [4.78, 5) is 21.6. The Morgan fingerprint density at radius 1 is 1.29 bits per heavy atom. The second-order valence-electron chi connectivity index (χ2n) is 4.45. The molecule has 0 radical (unpaired) electrons. The number of hydrogen-bond acceptors (Lipinski definition) is 6. The normalized spacial score (nSPS) is 13.7. The van der Waals surface area contributed by atoms with Gasteiger partial charge in [-0.15, -0.1) is 0 Å². The van der Waals surface area contributed by atoms with E-state index < -0.39 is 5.97 Å². The predicted octanol–water partition coefficient (Wildman–Crippen LogP) is 1.07. The first-order chi connectivity index (χ1) is 10.0. The topological polar surface area (TPSA) is 94.1 Å². The van der Waals surface area contributed by atoms with Crippen LogP contribution in [0.2, 0.25) is 0 Å². The van der Waals surface area contributed by atoms with Crippen LogP contribution in [0.5, 0.6) is 0 Å². The number of hydrogen-bond donors (Lipinski definition) is 2. The lowest BCUT2D eigenvalue weighted by molar-refractivity contribution is -0.138. The maximum absolute atomic E-state index is 11.3. The van der Waals surface area contributed by atoms with E-state index in [1.54, 1.807) is 14.2 Å². The highest BCUT2D eigenvalue weighted by molar-refractivity contribution is 7.94. The molecule has 0 saturated carbocycles. The van der Waals surface area contributed by atoms with E-state index in [9.17, 15) is 9.59 Å². The molecule has 0 aliphatic rings. The third kappa shape index (κ3) is 11.5. The van der Waals surface area contributed by atoms with Crippen LogP contribution in [0.3, 0.4) is 0 Å². The molecule has 0 bridgehead atoms. The summed E-state index contributed by atoms with van der Waals surface area (Å²) in [7, 11) is 3.23. The molecule has 0 unspecified atom stereocenters. The van der Waals surface area contributed by atoms with Crippen molar-refractivity contribution >= 4 is 23.9 Å². The summed E-state index contributed by atoms with van der Waals surface area (Å²) in [5.74, 6) is -0.491. The van der Waals surface area contributed by atoms with Gasteiger partial charge in [0.1, 0.15) is 6.10 Å². The molecule has 124 valence electrons. The Balaban J connectivity index is 3.61. The molecular weight excluding hydrogens is 298 g/mol. The van der Waals surface area contributed by atoms with Gasteiger partial charge in [-0.25, -0.2) is 0 Å². The maximum atomic E-state index is 11.3. The Labute approximate surface area is 129 Å². The predicted molar refractivity (Wildman–Crippen MR) is 80.2 cm³/mol. The molecule has 0 heterocycles. The number of carbonyl (C=O) groups is 2. The highest BCUT2D eigenvalue weighted by Gasteiger charge is 2.17. The quantitative estimate of drug-likeness (QED) is 0.387. The second-order valence-corrected chi connectivity index (χ2v) is 5.29. The molecule has 0 fully saturated rings. The summed E-state index contributed by atoms with van der Waals surface area (Å²) in [5.41, 5.74) is 0. The molecule has 1 amide bonds. The van der Waals surface area contributed by atoms with Crippen molar-refractivity contribution < 1.29 is 28.4 Å². The first kappa shape index (κ1) is 20.2. The number of rotatable bonds is 13. The number of carboxylic acid groups (broad SMARTS) is 1. The van der Waals surface area contributed by atoms with Crippen LogP contribution < -0.4 is 5.32 Å². The molecule has 0 aliphatic carbocycles. The number of ether oxygens (including phenoxy) is 2. The third-order valence-electron chi connectivity index (χ3n) is 2.71. The van der Waals surface area contributed by atoms with E-state index in [-0.39, 0.29) is 31.0 Å². The van der Waals surface area contributed by atoms with Crippen molar-refractivity contribution in [2.45, 2.75) is 38.4 Å². The first-order valence-electron chi connectivity index (χ1n) is 6.79. The molecule has 7 nitrogen and oxygen atoms in total. The second kappa shape index (κ2) is 12.9. The fourth-order valence-electron chi connectivity index (χ4n) is 1.36. The Morgan fingerprint density at radius 2 is 2.00 bits per heavy atom. The van der Waals surface area contributed by atoms with Gasteiger partial charge < -0.3 is 24.1 Å². The van der Waals surface area contributed by atoms with E-state index in [2.05, 4.69) is 5.32 Å². The molecule has 21 heavy (non-hydrogen) atoms. The monoisotopic (exact) mass is 323 g/mol. The number of carbonyl (C=O) groups excluding carboxylic acids is 1. The standard InChI is InChI=1S/C13H25NO6S/c1-10(19-3)11(9-18-2)20-21-8-4-7-14-12(15)5-6-13(16)17/h10-11H,4-9H2,1-3H3,(H,14,15)(H,16,17)/t10-,11+/m1/s1. The van der Waals surface area contributed by atoms with Crippen LogP contribution >= 0.6 is 12.0 Å². The van der Waals surface area contributed by atoms with E-state index in [0.29, 0.717) is 13.2 Å². The van der Waals surface area contributed by atoms with Crippen LogP contribution in [-0.4, -0.2) is 62.3 Å². The first-order valence-corrected chi connectivity index (χ1v) is 7.70. The van der Waals surface area contributed by atoms with Gasteiger partial charge in [0.25, 0.3) is 0 Å². The zero-order chi connectivity index (χ0) is 16.1.